The number of nitrogens with one attached hydrogen (secondary N) is 2. The number of piperidine rings is 1. The van der Waals surface area contributed by atoms with Gasteiger partial charge in [-0.2, -0.15) is 4.31 Å². The molecule has 1 atom stereocenters. The van der Waals surface area contributed by atoms with Crippen molar-refractivity contribution in [1.29, 1.82) is 0 Å². The summed E-state index contributed by atoms with van der Waals surface area (Å²) in [7, 11) is -3.58. The predicted octanol–water partition coefficient (Wildman–Crippen LogP) is 2.94. The predicted molar refractivity (Wildman–Crippen MR) is 127 cm³/mol. The summed E-state index contributed by atoms with van der Waals surface area (Å²) in [6, 6.07) is 13.0. The molecule has 0 radical (unpaired) electrons. The third kappa shape index (κ3) is 6.33. The van der Waals surface area contributed by atoms with Gasteiger partial charge in [0.15, 0.2) is 0 Å². The van der Waals surface area contributed by atoms with E-state index >= 15 is 0 Å². The monoisotopic (exact) mass is 473 g/mol. The van der Waals surface area contributed by atoms with Crippen molar-refractivity contribution in [1.82, 2.24) is 9.62 Å². The molecule has 0 saturated carbocycles. The van der Waals surface area contributed by atoms with Gasteiger partial charge in [0.1, 0.15) is 11.8 Å². The third-order valence-electron chi connectivity index (χ3n) is 5.67. The lowest BCUT2D eigenvalue weighted by Crippen LogP contribution is -2.47. The Kier molecular flexibility index (Phi) is 8.10. The highest BCUT2D eigenvalue weighted by molar-refractivity contribution is 7.89. The minimum atomic E-state index is -3.58. The summed E-state index contributed by atoms with van der Waals surface area (Å²) in [6.07, 6.45) is 0.814. The first-order valence-electron chi connectivity index (χ1n) is 11.1. The Morgan fingerprint density at radius 1 is 1.06 bits per heavy atom. The van der Waals surface area contributed by atoms with Crippen LogP contribution in [-0.2, 0) is 19.6 Å². The first-order valence-corrected chi connectivity index (χ1v) is 12.6. The smallest absolute Gasteiger partial charge is 0.246 e. The second-order valence-corrected chi connectivity index (χ2v) is 10.1. The molecule has 2 N–H and O–H groups in total. The van der Waals surface area contributed by atoms with Crippen molar-refractivity contribution in [2.75, 3.05) is 25.0 Å². The molecule has 0 bridgehead atoms. The second kappa shape index (κ2) is 10.8. The van der Waals surface area contributed by atoms with Crippen molar-refractivity contribution in [2.24, 2.45) is 5.92 Å². The van der Waals surface area contributed by atoms with Crippen LogP contribution in [0.1, 0.15) is 32.3 Å². The quantitative estimate of drug-likeness (QED) is 0.613. The summed E-state index contributed by atoms with van der Waals surface area (Å²) in [4.78, 5) is 25.4. The molecule has 33 heavy (non-hydrogen) atoms. The fourth-order valence-corrected chi connectivity index (χ4v) is 5.14. The lowest BCUT2D eigenvalue weighted by Gasteiger charge is -2.31. The molecular formula is C24H31N3O5S. The van der Waals surface area contributed by atoms with Gasteiger partial charge >= 0.3 is 0 Å². The zero-order valence-corrected chi connectivity index (χ0v) is 20.0. The summed E-state index contributed by atoms with van der Waals surface area (Å²) in [6.45, 7) is 6.51. The first-order chi connectivity index (χ1) is 15.7. The molecule has 1 aliphatic heterocycles. The van der Waals surface area contributed by atoms with Gasteiger partial charge < -0.3 is 15.4 Å². The summed E-state index contributed by atoms with van der Waals surface area (Å²) in [5.41, 5.74) is 1.60. The van der Waals surface area contributed by atoms with E-state index in [-0.39, 0.29) is 35.7 Å². The van der Waals surface area contributed by atoms with E-state index in [1.54, 1.807) is 55.5 Å². The Bertz CT molecular complexity index is 1060. The lowest BCUT2D eigenvalue weighted by atomic mass is 9.97. The fraction of sp³-hybridized carbons (Fsp3) is 0.417. The molecule has 2 aromatic carbocycles. The topological polar surface area (TPSA) is 105 Å². The van der Waals surface area contributed by atoms with E-state index in [0.29, 0.717) is 30.9 Å². The van der Waals surface area contributed by atoms with Gasteiger partial charge in [-0.15, -0.1) is 0 Å². The Morgan fingerprint density at radius 3 is 2.24 bits per heavy atom. The molecule has 0 spiro atoms. The van der Waals surface area contributed by atoms with Crippen LogP contribution in [0.3, 0.4) is 0 Å². The maximum Gasteiger partial charge on any atom is 0.246 e. The maximum atomic E-state index is 12.8. The number of hydrogen-bond acceptors (Lipinski definition) is 5. The normalized spacial score (nSPS) is 16.1. The molecular weight excluding hydrogens is 442 g/mol. The van der Waals surface area contributed by atoms with E-state index in [9.17, 15) is 18.0 Å². The van der Waals surface area contributed by atoms with Crippen molar-refractivity contribution >= 4 is 27.5 Å². The van der Waals surface area contributed by atoms with Crippen LogP contribution < -0.4 is 15.4 Å². The molecule has 1 fully saturated rings. The highest BCUT2D eigenvalue weighted by atomic mass is 32.2. The summed E-state index contributed by atoms with van der Waals surface area (Å²) in [5, 5.41) is 5.52. The summed E-state index contributed by atoms with van der Waals surface area (Å²) >= 11 is 0. The molecule has 2 aromatic rings. The molecule has 0 unspecified atom stereocenters. The molecule has 178 valence electrons. The van der Waals surface area contributed by atoms with E-state index in [2.05, 4.69) is 10.6 Å². The second-order valence-electron chi connectivity index (χ2n) is 8.17. The zero-order chi connectivity index (χ0) is 24.0. The molecule has 1 saturated heterocycles. The van der Waals surface area contributed by atoms with Gasteiger partial charge in [0.25, 0.3) is 0 Å². The van der Waals surface area contributed by atoms with Gasteiger partial charge in [0.2, 0.25) is 21.8 Å². The number of benzene rings is 2. The van der Waals surface area contributed by atoms with Gasteiger partial charge in [-0.25, -0.2) is 8.42 Å². The van der Waals surface area contributed by atoms with Crippen molar-refractivity contribution in [2.45, 2.75) is 44.6 Å². The average Bonchev–Trinajstić information content (AvgIpc) is 2.81. The summed E-state index contributed by atoms with van der Waals surface area (Å²) in [5.74, 6) is -0.189. The SMILES string of the molecule is CCOc1ccc(NC(=O)[C@@H](C)NC(=O)C2CCN(S(=O)(=O)c3ccc(C)cc3)CC2)cc1. The largest absolute Gasteiger partial charge is 0.494 e. The van der Waals surface area contributed by atoms with E-state index in [0.717, 1.165) is 5.56 Å². The van der Waals surface area contributed by atoms with E-state index in [1.807, 2.05) is 13.8 Å². The lowest BCUT2D eigenvalue weighted by molar-refractivity contribution is -0.129. The van der Waals surface area contributed by atoms with Crippen LogP contribution in [0.2, 0.25) is 0 Å². The number of sulfonamides is 1. The molecule has 1 heterocycles. The number of rotatable bonds is 8. The number of hydrogen-bond donors (Lipinski definition) is 2. The Morgan fingerprint density at radius 2 is 1.67 bits per heavy atom. The fourth-order valence-electron chi connectivity index (χ4n) is 3.67. The van der Waals surface area contributed by atoms with Crippen LogP contribution in [0.15, 0.2) is 53.4 Å². The van der Waals surface area contributed by atoms with Gasteiger partial charge in [-0.3, -0.25) is 9.59 Å². The maximum absolute atomic E-state index is 12.8. The molecule has 1 aliphatic rings. The van der Waals surface area contributed by atoms with Crippen molar-refractivity contribution in [3.8, 4) is 5.75 Å². The Hall–Kier alpha value is -2.91. The number of nitrogens with zero attached hydrogens (tertiary/aromatic N) is 1. The average molecular weight is 474 g/mol. The van der Waals surface area contributed by atoms with E-state index < -0.39 is 16.1 Å². The van der Waals surface area contributed by atoms with Crippen molar-refractivity contribution in [3.63, 3.8) is 0 Å². The third-order valence-corrected chi connectivity index (χ3v) is 7.58. The molecule has 3 rings (SSSR count). The standard InChI is InChI=1S/C24H31N3O5S/c1-4-32-21-9-7-20(8-10-21)26-23(28)18(3)25-24(29)19-13-15-27(16-14-19)33(30,31)22-11-5-17(2)6-12-22/h5-12,18-19H,4,13-16H2,1-3H3,(H,25,29)(H,26,28)/t18-/m1/s1. The Labute approximate surface area is 195 Å². The van der Waals surface area contributed by atoms with Gasteiger partial charge in [-0.1, -0.05) is 17.7 Å². The van der Waals surface area contributed by atoms with Crippen LogP contribution in [0, 0.1) is 12.8 Å². The van der Waals surface area contributed by atoms with Gasteiger partial charge in [0.05, 0.1) is 11.5 Å². The minimum Gasteiger partial charge on any atom is -0.494 e. The minimum absolute atomic E-state index is 0.239. The van der Waals surface area contributed by atoms with Crippen LogP contribution in [0.25, 0.3) is 0 Å². The molecule has 9 heteroatoms. The van der Waals surface area contributed by atoms with Crippen LogP contribution >= 0.6 is 0 Å². The first kappa shape index (κ1) is 24.7. The highest BCUT2D eigenvalue weighted by Gasteiger charge is 2.32. The Balaban J connectivity index is 1.50. The number of carbonyl (C=O) groups excluding carboxylic acids is 2. The zero-order valence-electron chi connectivity index (χ0n) is 19.2. The highest BCUT2D eigenvalue weighted by Crippen LogP contribution is 2.24. The molecule has 0 aliphatic carbocycles. The molecule has 8 nitrogen and oxygen atoms in total. The van der Waals surface area contributed by atoms with Crippen LogP contribution in [0.5, 0.6) is 5.75 Å². The summed E-state index contributed by atoms with van der Waals surface area (Å²) < 4.78 is 32.5. The van der Waals surface area contributed by atoms with E-state index in [1.165, 1.54) is 4.31 Å². The van der Waals surface area contributed by atoms with Gasteiger partial charge in [-0.05, 0) is 70.0 Å². The van der Waals surface area contributed by atoms with Crippen molar-refractivity contribution in [3.05, 3.63) is 54.1 Å². The van der Waals surface area contributed by atoms with Crippen LogP contribution in [0.4, 0.5) is 5.69 Å². The molecule has 0 aromatic heterocycles. The number of ether oxygens (including phenoxy) is 1. The van der Waals surface area contributed by atoms with Crippen molar-refractivity contribution < 1.29 is 22.7 Å². The molecule has 2 amide bonds. The van der Waals surface area contributed by atoms with Gasteiger partial charge in [0, 0.05) is 24.7 Å². The number of carbonyl (C=O) groups is 2. The number of anilines is 1. The van der Waals surface area contributed by atoms with E-state index in [4.69, 9.17) is 4.74 Å². The van der Waals surface area contributed by atoms with Crippen LogP contribution in [-0.4, -0.2) is 50.3 Å². The number of aryl methyl sites for hydroxylation is 1. The number of amides is 2.